The van der Waals surface area contributed by atoms with Crippen LogP contribution in [0.5, 0.6) is 5.75 Å². The lowest BCUT2D eigenvalue weighted by Gasteiger charge is -2.35. The number of carboxylic acid groups (broad SMARTS) is 1. The maximum absolute atomic E-state index is 15.2. The zero-order valence-corrected chi connectivity index (χ0v) is 16.4. The average molecular weight is 412 g/mol. The van der Waals surface area contributed by atoms with Crippen molar-refractivity contribution in [2.24, 2.45) is 5.73 Å². The van der Waals surface area contributed by atoms with Crippen molar-refractivity contribution in [1.29, 1.82) is 5.26 Å². The summed E-state index contributed by atoms with van der Waals surface area (Å²) in [7, 11) is 0. The molecule has 1 aromatic carbocycles. The number of nitrogens with two attached hydrogens (primary N) is 1. The van der Waals surface area contributed by atoms with E-state index in [1.54, 1.807) is 4.57 Å². The van der Waals surface area contributed by atoms with Crippen molar-refractivity contribution in [3.63, 3.8) is 0 Å². The summed E-state index contributed by atoms with van der Waals surface area (Å²) >= 11 is 0. The molecule has 3 N–H and O–H groups in total. The molecule has 156 valence electrons. The molecule has 0 aliphatic carbocycles. The second-order valence-corrected chi connectivity index (χ2v) is 7.56. The normalized spacial score (nSPS) is 18.1. The van der Waals surface area contributed by atoms with Crippen LogP contribution in [0.1, 0.15) is 36.2 Å². The second kappa shape index (κ2) is 7.46. The molecule has 1 atom stereocenters. The first kappa shape index (κ1) is 19.9. The van der Waals surface area contributed by atoms with Gasteiger partial charge in [-0.05, 0) is 25.8 Å². The molecular formula is C21H21FN4O4. The summed E-state index contributed by atoms with van der Waals surface area (Å²) in [6.07, 6.45) is 2.47. The summed E-state index contributed by atoms with van der Waals surface area (Å²) in [5.41, 5.74) is 6.70. The van der Waals surface area contributed by atoms with Crippen molar-refractivity contribution in [3.8, 4) is 11.8 Å². The zero-order valence-electron chi connectivity index (χ0n) is 16.4. The van der Waals surface area contributed by atoms with Gasteiger partial charge in [-0.2, -0.15) is 5.26 Å². The van der Waals surface area contributed by atoms with Gasteiger partial charge in [0.1, 0.15) is 17.9 Å². The molecule has 1 aromatic heterocycles. The summed E-state index contributed by atoms with van der Waals surface area (Å²) in [5, 5.41) is 18.6. The van der Waals surface area contributed by atoms with E-state index in [9.17, 15) is 20.0 Å². The molecule has 0 amide bonds. The van der Waals surface area contributed by atoms with Crippen molar-refractivity contribution in [2.45, 2.75) is 25.8 Å². The fourth-order valence-electron chi connectivity index (χ4n) is 4.23. The van der Waals surface area contributed by atoms with E-state index >= 15 is 4.39 Å². The number of rotatable bonds is 3. The Labute approximate surface area is 171 Å². The fraction of sp³-hybridized carbons (Fsp3) is 0.381. The van der Waals surface area contributed by atoms with Crippen LogP contribution in [0.3, 0.4) is 0 Å². The van der Waals surface area contributed by atoms with Gasteiger partial charge >= 0.3 is 5.97 Å². The van der Waals surface area contributed by atoms with Gasteiger partial charge in [-0.1, -0.05) is 5.57 Å². The van der Waals surface area contributed by atoms with E-state index in [0.717, 1.165) is 11.6 Å². The lowest BCUT2D eigenvalue weighted by molar-refractivity contribution is 0.0694. The van der Waals surface area contributed by atoms with Crippen molar-refractivity contribution >= 4 is 22.6 Å². The summed E-state index contributed by atoms with van der Waals surface area (Å²) in [5.74, 6) is -1.73. The fourth-order valence-corrected chi connectivity index (χ4v) is 4.23. The molecule has 2 aliphatic rings. The Morgan fingerprint density at radius 2 is 2.13 bits per heavy atom. The first-order valence-electron chi connectivity index (χ1n) is 9.70. The SMILES string of the molecule is CC1COc2c(N3CCC(=C(C#N)CN)CC3)c(F)cc3c(=O)c(C(=O)O)cn1c23. The Morgan fingerprint density at radius 3 is 2.73 bits per heavy atom. The number of piperidine rings is 1. The number of anilines is 1. The Bertz CT molecular complexity index is 1180. The molecule has 1 saturated heterocycles. The van der Waals surface area contributed by atoms with Gasteiger partial charge < -0.3 is 25.0 Å². The van der Waals surface area contributed by atoms with Crippen molar-refractivity contribution in [3.05, 3.63) is 45.0 Å². The highest BCUT2D eigenvalue weighted by Gasteiger charge is 2.31. The highest BCUT2D eigenvalue weighted by Crippen LogP contribution is 2.42. The Hall–Kier alpha value is -3.38. The third-order valence-corrected chi connectivity index (χ3v) is 5.82. The van der Waals surface area contributed by atoms with E-state index in [4.69, 9.17) is 10.5 Å². The van der Waals surface area contributed by atoms with Crippen molar-refractivity contribution in [2.75, 3.05) is 31.1 Å². The number of carboxylic acids is 1. The van der Waals surface area contributed by atoms with Crippen LogP contribution in [0.15, 0.2) is 28.2 Å². The van der Waals surface area contributed by atoms with Crippen LogP contribution in [-0.4, -0.2) is 41.9 Å². The molecule has 2 aromatic rings. The minimum Gasteiger partial charge on any atom is -0.487 e. The van der Waals surface area contributed by atoms with Crippen LogP contribution in [-0.2, 0) is 0 Å². The monoisotopic (exact) mass is 412 g/mol. The predicted molar refractivity (Wildman–Crippen MR) is 108 cm³/mol. The number of ether oxygens (including phenoxy) is 1. The Kier molecular flexibility index (Phi) is 4.95. The Balaban J connectivity index is 1.86. The van der Waals surface area contributed by atoms with Gasteiger partial charge in [0.15, 0.2) is 11.6 Å². The van der Waals surface area contributed by atoms with Gasteiger partial charge in [0.2, 0.25) is 5.43 Å². The van der Waals surface area contributed by atoms with Gasteiger partial charge in [-0.25, -0.2) is 9.18 Å². The molecule has 30 heavy (non-hydrogen) atoms. The first-order chi connectivity index (χ1) is 14.4. The maximum Gasteiger partial charge on any atom is 0.341 e. The third kappa shape index (κ3) is 3.00. The topological polar surface area (TPSA) is 122 Å². The first-order valence-corrected chi connectivity index (χ1v) is 9.70. The van der Waals surface area contributed by atoms with Gasteiger partial charge in [-0.3, -0.25) is 4.79 Å². The van der Waals surface area contributed by atoms with Gasteiger partial charge in [-0.15, -0.1) is 0 Å². The highest BCUT2D eigenvalue weighted by molar-refractivity contribution is 5.97. The second-order valence-electron chi connectivity index (χ2n) is 7.56. The maximum atomic E-state index is 15.2. The number of aromatic nitrogens is 1. The van der Waals surface area contributed by atoms with E-state index in [0.29, 0.717) is 37.0 Å². The highest BCUT2D eigenvalue weighted by atomic mass is 19.1. The van der Waals surface area contributed by atoms with Crippen LogP contribution in [0.2, 0.25) is 0 Å². The van der Waals surface area contributed by atoms with E-state index in [1.165, 1.54) is 6.20 Å². The quantitative estimate of drug-likeness (QED) is 0.741. The van der Waals surface area contributed by atoms with Gasteiger partial charge in [0, 0.05) is 31.4 Å². The molecule has 8 nitrogen and oxygen atoms in total. The number of carbonyl (C=O) groups is 1. The van der Waals surface area contributed by atoms with Crippen LogP contribution in [0.25, 0.3) is 10.9 Å². The third-order valence-electron chi connectivity index (χ3n) is 5.82. The molecule has 0 spiro atoms. The summed E-state index contributed by atoms with van der Waals surface area (Å²) in [4.78, 5) is 26.0. The van der Waals surface area contributed by atoms with Crippen molar-refractivity contribution < 1.29 is 19.0 Å². The molecule has 0 radical (unpaired) electrons. The van der Waals surface area contributed by atoms with Gasteiger partial charge in [0.25, 0.3) is 0 Å². The van der Waals surface area contributed by atoms with E-state index in [-0.39, 0.29) is 36.0 Å². The molecule has 3 heterocycles. The smallest absolute Gasteiger partial charge is 0.341 e. The summed E-state index contributed by atoms with van der Waals surface area (Å²) < 4.78 is 22.8. The van der Waals surface area contributed by atoms with E-state index in [2.05, 4.69) is 6.07 Å². The van der Waals surface area contributed by atoms with Crippen LogP contribution in [0, 0.1) is 17.1 Å². The number of halogens is 1. The molecule has 1 fully saturated rings. The number of pyridine rings is 1. The van der Waals surface area contributed by atoms with Crippen LogP contribution < -0.4 is 20.8 Å². The Morgan fingerprint density at radius 1 is 1.43 bits per heavy atom. The van der Waals surface area contributed by atoms with Crippen LogP contribution >= 0.6 is 0 Å². The molecule has 0 bridgehead atoms. The number of benzene rings is 1. The lowest BCUT2D eigenvalue weighted by atomic mass is 9.97. The standard InChI is InChI=1S/C21H21FN4O4/c1-11-10-30-20-17-14(19(27)15(21(28)29)9-26(11)17)6-16(22)18(20)25-4-2-12(3-5-25)13(7-23)8-24/h6,9,11H,2-5,7,10,23H2,1H3,(H,28,29). The van der Waals surface area contributed by atoms with Crippen LogP contribution in [0.4, 0.5) is 10.1 Å². The average Bonchev–Trinajstić information content (AvgIpc) is 2.73. The summed E-state index contributed by atoms with van der Waals surface area (Å²) in [6, 6.07) is 3.02. The minimum absolute atomic E-state index is 0.00908. The predicted octanol–water partition coefficient (Wildman–Crippen LogP) is 2.17. The molecule has 4 rings (SSSR count). The van der Waals surface area contributed by atoms with Crippen molar-refractivity contribution in [1.82, 2.24) is 4.57 Å². The summed E-state index contributed by atoms with van der Waals surface area (Å²) in [6.45, 7) is 3.21. The molecular weight excluding hydrogens is 391 g/mol. The number of nitriles is 1. The lowest BCUT2D eigenvalue weighted by Crippen LogP contribution is -2.34. The zero-order chi connectivity index (χ0) is 21.6. The van der Waals surface area contributed by atoms with E-state index < -0.39 is 22.8 Å². The number of aromatic carboxylic acids is 1. The number of nitrogens with zero attached hydrogens (tertiary/aromatic N) is 3. The minimum atomic E-state index is -1.35. The molecule has 9 heteroatoms. The molecule has 2 aliphatic heterocycles. The number of hydrogen-bond acceptors (Lipinski definition) is 6. The molecule has 1 unspecified atom stereocenters. The van der Waals surface area contributed by atoms with E-state index in [1.807, 2.05) is 11.8 Å². The molecule has 0 saturated carbocycles. The largest absolute Gasteiger partial charge is 0.487 e. The number of hydrogen-bond donors (Lipinski definition) is 2. The van der Waals surface area contributed by atoms with Gasteiger partial charge in [0.05, 0.1) is 23.0 Å².